The molecule has 1 heterocycles. The van der Waals surface area contributed by atoms with Crippen molar-refractivity contribution >= 4 is 41.0 Å². The number of nitrogens with one attached hydrogen (secondary N) is 1. The highest BCUT2D eigenvalue weighted by molar-refractivity contribution is 6.33. The molecule has 1 saturated carbocycles. The fourth-order valence-electron chi connectivity index (χ4n) is 3.69. The first-order valence-corrected chi connectivity index (χ1v) is 9.63. The van der Waals surface area contributed by atoms with Crippen LogP contribution < -0.4 is 5.32 Å². The van der Waals surface area contributed by atoms with Crippen molar-refractivity contribution in [3.05, 3.63) is 28.8 Å². The standard InChI is InChI=1S/C19H18ClF3N2O5/c20-13-6-5-10(19(21,22)23)7-14(13)24-15(26)9-30-16(27)8-25-17(28)11-3-1-2-4-12(11)18(25)29/h5-7,11-12H,1-4,8-9H2,(H,24,26)/t11-,12-/m0/s1. The van der Waals surface area contributed by atoms with Crippen molar-refractivity contribution in [3.8, 4) is 0 Å². The molecule has 0 radical (unpaired) electrons. The molecule has 0 unspecified atom stereocenters. The summed E-state index contributed by atoms with van der Waals surface area (Å²) in [6.45, 7) is -1.42. The quantitative estimate of drug-likeness (QED) is 0.554. The lowest BCUT2D eigenvalue weighted by Gasteiger charge is -2.19. The van der Waals surface area contributed by atoms with Gasteiger partial charge in [0, 0.05) is 0 Å². The SMILES string of the molecule is O=C(COC(=O)CN1C(=O)[C@H]2CCCC[C@@H]2C1=O)Nc1cc(C(F)(F)F)ccc1Cl. The van der Waals surface area contributed by atoms with E-state index >= 15 is 0 Å². The predicted molar refractivity (Wildman–Crippen MR) is 98.2 cm³/mol. The monoisotopic (exact) mass is 446 g/mol. The van der Waals surface area contributed by atoms with E-state index in [0.29, 0.717) is 18.9 Å². The summed E-state index contributed by atoms with van der Waals surface area (Å²) in [6.07, 6.45) is -1.74. The van der Waals surface area contributed by atoms with Crippen molar-refractivity contribution in [1.82, 2.24) is 4.90 Å². The van der Waals surface area contributed by atoms with Gasteiger partial charge in [-0.25, -0.2) is 0 Å². The van der Waals surface area contributed by atoms with Crippen molar-refractivity contribution in [1.29, 1.82) is 0 Å². The molecule has 2 fully saturated rings. The molecule has 0 aromatic heterocycles. The third-order valence-electron chi connectivity index (χ3n) is 5.15. The summed E-state index contributed by atoms with van der Waals surface area (Å²) in [4.78, 5) is 49.4. The molecule has 30 heavy (non-hydrogen) atoms. The van der Waals surface area contributed by atoms with Crippen molar-refractivity contribution < 1.29 is 37.1 Å². The highest BCUT2D eigenvalue weighted by Crippen LogP contribution is 2.38. The van der Waals surface area contributed by atoms with Gasteiger partial charge in [0.25, 0.3) is 5.91 Å². The average Bonchev–Trinajstić information content (AvgIpc) is 2.92. The van der Waals surface area contributed by atoms with Gasteiger partial charge < -0.3 is 10.1 Å². The minimum absolute atomic E-state index is 0.126. The number of hydrogen-bond donors (Lipinski definition) is 1. The molecule has 2 aliphatic rings. The molecule has 1 aromatic rings. The van der Waals surface area contributed by atoms with Crippen LogP contribution in [-0.2, 0) is 30.1 Å². The minimum atomic E-state index is -4.62. The molecule has 0 bridgehead atoms. The predicted octanol–water partition coefficient (Wildman–Crippen LogP) is 3.02. The van der Waals surface area contributed by atoms with E-state index in [4.69, 9.17) is 16.3 Å². The molecule has 0 spiro atoms. The van der Waals surface area contributed by atoms with Crippen LogP contribution in [0.3, 0.4) is 0 Å². The Balaban J connectivity index is 1.53. The maximum absolute atomic E-state index is 12.8. The number of hydrogen-bond acceptors (Lipinski definition) is 5. The first-order valence-electron chi connectivity index (χ1n) is 9.25. The fourth-order valence-corrected chi connectivity index (χ4v) is 3.86. The smallest absolute Gasteiger partial charge is 0.416 e. The number of imide groups is 1. The Morgan fingerprint density at radius 1 is 1.13 bits per heavy atom. The van der Waals surface area contributed by atoms with E-state index < -0.39 is 60.4 Å². The summed E-state index contributed by atoms with van der Waals surface area (Å²) in [5.41, 5.74) is -1.30. The van der Waals surface area contributed by atoms with Gasteiger partial charge >= 0.3 is 12.1 Å². The lowest BCUT2D eigenvalue weighted by Crippen LogP contribution is -2.37. The van der Waals surface area contributed by atoms with Gasteiger partial charge in [0.05, 0.1) is 28.1 Å². The van der Waals surface area contributed by atoms with E-state index in [1.165, 1.54) is 0 Å². The second kappa shape index (κ2) is 8.63. The van der Waals surface area contributed by atoms with Crippen molar-refractivity contribution in [2.24, 2.45) is 11.8 Å². The molecule has 3 rings (SSSR count). The number of alkyl halides is 3. The molecule has 1 saturated heterocycles. The van der Waals surface area contributed by atoms with Crippen LogP contribution in [0.4, 0.5) is 18.9 Å². The fraction of sp³-hybridized carbons (Fsp3) is 0.474. The number of benzene rings is 1. The van der Waals surface area contributed by atoms with Gasteiger partial charge in [0.2, 0.25) is 11.8 Å². The number of carbonyl (C=O) groups is 4. The van der Waals surface area contributed by atoms with E-state index in [1.54, 1.807) is 0 Å². The van der Waals surface area contributed by atoms with Crippen LogP contribution in [0.2, 0.25) is 5.02 Å². The number of carbonyl (C=O) groups excluding carboxylic acids is 4. The molecule has 11 heteroatoms. The molecule has 1 N–H and O–H groups in total. The second-order valence-corrected chi connectivity index (χ2v) is 7.57. The van der Waals surface area contributed by atoms with Crippen LogP contribution >= 0.6 is 11.6 Å². The van der Waals surface area contributed by atoms with E-state index in [2.05, 4.69) is 5.32 Å². The summed E-state index contributed by atoms with van der Waals surface area (Å²) < 4.78 is 43.1. The molecule has 3 amide bonds. The third kappa shape index (κ3) is 4.75. The summed E-state index contributed by atoms with van der Waals surface area (Å²) in [5.74, 6) is -3.54. The number of halogens is 4. The van der Waals surface area contributed by atoms with Crippen molar-refractivity contribution in [2.45, 2.75) is 31.9 Å². The van der Waals surface area contributed by atoms with Crippen molar-refractivity contribution in [2.75, 3.05) is 18.5 Å². The molecule has 1 aliphatic carbocycles. The maximum atomic E-state index is 12.8. The van der Waals surface area contributed by atoms with Crippen LogP contribution in [0.15, 0.2) is 18.2 Å². The summed E-state index contributed by atoms with van der Waals surface area (Å²) >= 11 is 5.79. The van der Waals surface area contributed by atoms with Gasteiger partial charge in [-0.15, -0.1) is 0 Å². The van der Waals surface area contributed by atoms with E-state index in [9.17, 15) is 32.3 Å². The average molecular weight is 447 g/mol. The Morgan fingerprint density at radius 3 is 2.30 bits per heavy atom. The Hall–Kier alpha value is -2.62. The van der Waals surface area contributed by atoms with Gasteiger partial charge in [-0.1, -0.05) is 24.4 Å². The van der Waals surface area contributed by atoms with Gasteiger partial charge in [0.1, 0.15) is 6.54 Å². The zero-order valence-corrected chi connectivity index (χ0v) is 16.4. The van der Waals surface area contributed by atoms with E-state index in [0.717, 1.165) is 29.9 Å². The lowest BCUT2D eigenvalue weighted by molar-refractivity contribution is -0.154. The van der Waals surface area contributed by atoms with Crippen LogP contribution in [-0.4, -0.2) is 41.7 Å². The van der Waals surface area contributed by atoms with Gasteiger partial charge in [0.15, 0.2) is 6.61 Å². The Kier molecular flexibility index (Phi) is 6.35. The minimum Gasteiger partial charge on any atom is -0.454 e. The number of fused-ring (bicyclic) bond motifs is 1. The molecule has 2 atom stereocenters. The van der Waals surface area contributed by atoms with E-state index in [1.807, 2.05) is 0 Å². The number of nitrogens with zero attached hydrogens (tertiary/aromatic N) is 1. The number of ether oxygens (including phenoxy) is 1. The molecule has 1 aliphatic heterocycles. The van der Waals surface area contributed by atoms with Crippen LogP contribution in [0.25, 0.3) is 0 Å². The largest absolute Gasteiger partial charge is 0.454 e. The summed E-state index contributed by atoms with van der Waals surface area (Å²) in [6, 6.07) is 2.40. The van der Waals surface area contributed by atoms with Gasteiger partial charge in [-0.2, -0.15) is 13.2 Å². The summed E-state index contributed by atoms with van der Waals surface area (Å²) in [7, 11) is 0. The molecule has 7 nitrogen and oxygen atoms in total. The van der Waals surface area contributed by atoms with Gasteiger partial charge in [-0.05, 0) is 31.0 Å². The Bertz CT molecular complexity index is 865. The number of amides is 3. The first-order chi connectivity index (χ1) is 14.1. The molecule has 162 valence electrons. The number of rotatable bonds is 5. The zero-order valence-electron chi connectivity index (χ0n) is 15.6. The number of likely N-dealkylation sites (tertiary alicyclic amines) is 1. The Morgan fingerprint density at radius 2 is 1.73 bits per heavy atom. The highest BCUT2D eigenvalue weighted by atomic mass is 35.5. The Labute approximate surface area is 174 Å². The molecular formula is C19H18ClF3N2O5. The van der Waals surface area contributed by atoms with Gasteiger partial charge in [-0.3, -0.25) is 24.1 Å². The third-order valence-corrected chi connectivity index (χ3v) is 5.48. The lowest BCUT2D eigenvalue weighted by atomic mass is 9.81. The first kappa shape index (κ1) is 22.1. The highest BCUT2D eigenvalue weighted by Gasteiger charge is 2.48. The summed E-state index contributed by atoms with van der Waals surface area (Å²) in [5, 5.41) is 2.01. The van der Waals surface area contributed by atoms with Crippen LogP contribution in [0.1, 0.15) is 31.2 Å². The van der Waals surface area contributed by atoms with E-state index in [-0.39, 0.29) is 10.7 Å². The number of anilines is 1. The topological polar surface area (TPSA) is 92.8 Å². The second-order valence-electron chi connectivity index (χ2n) is 7.16. The normalized spacial score (nSPS) is 21.4. The van der Waals surface area contributed by atoms with Crippen LogP contribution in [0.5, 0.6) is 0 Å². The molecule has 1 aromatic carbocycles. The number of esters is 1. The molecular weight excluding hydrogens is 429 g/mol. The van der Waals surface area contributed by atoms with Crippen LogP contribution in [0, 0.1) is 11.8 Å². The zero-order chi connectivity index (χ0) is 22.1. The maximum Gasteiger partial charge on any atom is 0.416 e. The van der Waals surface area contributed by atoms with Crippen molar-refractivity contribution in [3.63, 3.8) is 0 Å².